The van der Waals surface area contributed by atoms with E-state index in [1.54, 1.807) is 0 Å². The van der Waals surface area contributed by atoms with Gasteiger partial charge in [0.1, 0.15) is 0 Å². The number of hydrogen-bond donors (Lipinski definition) is 1. The van der Waals surface area contributed by atoms with Gasteiger partial charge in [0.2, 0.25) is 0 Å². The predicted octanol–water partition coefficient (Wildman–Crippen LogP) is 6.19. The molecule has 2 aromatic carbocycles. The topological polar surface area (TPSA) is 49.8 Å². The Hall–Kier alpha value is -2.17. The first-order chi connectivity index (χ1) is 15.7. The maximum absolute atomic E-state index is 10.7. The number of aliphatic carboxylic acids is 1. The summed E-state index contributed by atoms with van der Waals surface area (Å²) < 4.78 is 6.55. The van der Waals surface area contributed by atoms with E-state index in [1.807, 2.05) is 6.08 Å². The number of likely N-dealkylation sites (tertiary alicyclic amines) is 1. The number of rotatable bonds is 10. The molecule has 3 atom stereocenters. The fraction of sp³-hybridized carbons (Fsp3) is 0.536. The molecule has 4 heteroatoms. The maximum atomic E-state index is 10.7. The predicted molar refractivity (Wildman–Crippen MR) is 130 cm³/mol. The molecule has 2 aromatic rings. The summed E-state index contributed by atoms with van der Waals surface area (Å²) in [5.41, 5.74) is 1.25. The summed E-state index contributed by atoms with van der Waals surface area (Å²) in [5, 5.41) is 11.4. The number of allylic oxidation sites excluding steroid dienone is 2. The van der Waals surface area contributed by atoms with Crippen LogP contribution < -0.4 is 0 Å². The molecule has 1 saturated heterocycles. The van der Waals surface area contributed by atoms with E-state index in [9.17, 15) is 4.79 Å². The Kier molecular flexibility index (Phi) is 8.36. The number of benzene rings is 2. The number of piperidine rings is 1. The van der Waals surface area contributed by atoms with Crippen LogP contribution in [0.2, 0.25) is 0 Å². The highest BCUT2D eigenvalue weighted by Crippen LogP contribution is 2.37. The molecule has 4 nitrogen and oxygen atoms in total. The standard InChI is InChI=1S/C28H37NO3/c30-28(31)13-5-2-1-4-12-25-26(29-18-8-3-9-19-29)16-17-27(25)32-21-22-14-15-23-10-6-7-11-24(23)20-22/h1-2,6-7,10-11,14-15,20,25-27H,3-5,8-9,12-13,16-19,21H2,(H,30,31)/b2-1+. The lowest BCUT2D eigenvalue weighted by Gasteiger charge is -2.37. The van der Waals surface area contributed by atoms with Crippen LogP contribution in [0.25, 0.3) is 10.8 Å². The molecule has 0 radical (unpaired) electrons. The molecule has 3 unspecified atom stereocenters. The lowest BCUT2D eigenvalue weighted by atomic mass is 9.93. The van der Waals surface area contributed by atoms with E-state index in [1.165, 1.54) is 55.1 Å². The van der Waals surface area contributed by atoms with Crippen LogP contribution >= 0.6 is 0 Å². The van der Waals surface area contributed by atoms with Gasteiger partial charge in [-0.1, -0.05) is 55.0 Å². The molecule has 1 aliphatic carbocycles. The number of carboxylic acids is 1. The molecule has 32 heavy (non-hydrogen) atoms. The minimum absolute atomic E-state index is 0.216. The summed E-state index contributed by atoms with van der Waals surface area (Å²) in [5.74, 6) is -0.171. The summed E-state index contributed by atoms with van der Waals surface area (Å²) in [7, 11) is 0. The molecule has 1 N–H and O–H groups in total. The molecule has 1 saturated carbocycles. The normalized spacial score (nSPS) is 24.4. The van der Waals surface area contributed by atoms with E-state index in [4.69, 9.17) is 9.84 Å². The Morgan fingerprint density at radius 1 is 1.00 bits per heavy atom. The van der Waals surface area contributed by atoms with Gasteiger partial charge in [0.25, 0.3) is 0 Å². The van der Waals surface area contributed by atoms with Crippen LogP contribution in [0.1, 0.15) is 63.4 Å². The number of carbonyl (C=O) groups is 1. The summed E-state index contributed by atoms with van der Waals surface area (Å²) in [6, 6.07) is 15.8. The minimum atomic E-state index is -0.724. The van der Waals surface area contributed by atoms with Crippen molar-refractivity contribution in [2.24, 2.45) is 5.92 Å². The highest BCUT2D eigenvalue weighted by Gasteiger charge is 2.39. The number of hydrogen-bond acceptors (Lipinski definition) is 3. The van der Waals surface area contributed by atoms with Crippen LogP contribution in [-0.2, 0) is 16.1 Å². The van der Waals surface area contributed by atoms with Crippen LogP contribution in [0.15, 0.2) is 54.6 Å². The molecule has 0 amide bonds. The zero-order chi connectivity index (χ0) is 22.2. The van der Waals surface area contributed by atoms with E-state index in [2.05, 4.69) is 53.4 Å². The van der Waals surface area contributed by atoms with Gasteiger partial charge in [0.05, 0.1) is 12.7 Å². The van der Waals surface area contributed by atoms with Gasteiger partial charge in [-0.3, -0.25) is 4.79 Å². The van der Waals surface area contributed by atoms with Crippen molar-refractivity contribution in [1.82, 2.24) is 4.90 Å². The van der Waals surface area contributed by atoms with Crippen molar-refractivity contribution in [3.8, 4) is 0 Å². The van der Waals surface area contributed by atoms with Crippen molar-refractivity contribution in [3.05, 3.63) is 60.2 Å². The number of carboxylic acid groups (broad SMARTS) is 1. The second kappa shape index (κ2) is 11.6. The molecule has 4 rings (SSSR count). The van der Waals surface area contributed by atoms with Crippen LogP contribution in [0, 0.1) is 5.92 Å². The molecule has 2 fully saturated rings. The Balaban J connectivity index is 1.37. The van der Waals surface area contributed by atoms with Gasteiger partial charge in [-0.2, -0.15) is 0 Å². The minimum Gasteiger partial charge on any atom is -0.481 e. The number of ether oxygens (including phenoxy) is 1. The van der Waals surface area contributed by atoms with Gasteiger partial charge in [-0.15, -0.1) is 0 Å². The highest BCUT2D eigenvalue weighted by atomic mass is 16.5. The average molecular weight is 436 g/mol. The van der Waals surface area contributed by atoms with Gasteiger partial charge >= 0.3 is 5.97 Å². The largest absolute Gasteiger partial charge is 0.481 e. The van der Waals surface area contributed by atoms with Crippen molar-refractivity contribution in [2.75, 3.05) is 13.1 Å². The smallest absolute Gasteiger partial charge is 0.303 e. The summed E-state index contributed by atoms with van der Waals surface area (Å²) in [6.07, 6.45) is 13.9. The Labute approximate surface area is 192 Å². The third-order valence-corrected chi connectivity index (χ3v) is 7.21. The quantitative estimate of drug-likeness (QED) is 0.452. The molecule has 2 aliphatic rings. The molecular weight excluding hydrogens is 398 g/mol. The molecule has 1 heterocycles. The first-order valence-corrected chi connectivity index (χ1v) is 12.4. The Morgan fingerprint density at radius 2 is 1.78 bits per heavy atom. The number of nitrogens with zero attached hydrogens (tertiary/aromatic N) is 1. The fourth-order valence-electron chi connectivity index (χ4n) is 5.56. The number of fused-ring (bicyclic) bond motifs is 1. The van der Waals surface area contributed by atoms with Crippen molar-refractivity contribution in [2.45, 2.75) is 76.5 Å². The highest BCUT2D eigenvalue weighted by molar-refractivity contribution is 5.82. The third-order valence-electron chi connectivity index (χ3n) is 7.21. The summed E-state index contributed by atoms with van der Waals surface area (Å²) in [4.78, 5) is 13.4. The van der Waals surface area contributed by atoms with Gasteiger partial charge in [0, 0.05) is 18.4 Å². The van der Waals surface area contributed by atoms with Gasteiger partial charge < -0.3 is 14.7 Å². The molecule has 1 aliphatic heterocycles. The second-order valence-electron chi connectivity index (χ2n) is 9.42. The third kappa shape index (κ3) is 6.20. The fourth-order valence-corrected chi connectivity index (χ4v) is 5.56. The lowest BCUT2D eigenvalue weighted by molar-refractivity contribution is -0.136. The average Bonchev–Trinajstić information content (AvgIpc) is 3.23. The molecular formula is C28H37NO3. The van der Waals surface area contributed by atoms with E-state index >= 15 is 0 Å². The lowest BCUT2D eigenvalue weighted by Crippen LogP contribution is -2.43. The van der Waals surface area contributed by atoms with Crippen molar-refractivity contribution < 1.29 is 14.6 Å². The zero-order valence-electron chi connectivity index (χ0n) is 19.1. The van der Waals surface area contributed by atoms with Crippen LogP contribution in [0.5, 0.6) is 0 Å². The van der Waals surface area contributed by atoms with Gasteiger partial charge in [0.15, 0.2) is 0 Å². The molecule has 172 valence electrons. The Bertz CT molecular complexity index is 902. The zero-order valence-corrected chi connectivity index (χ0v) is 19.1. The van der Waals surface area contributed by atoms with Crippen LogP contribution in [0.4, 0.5) is 0 Å². The van der Waals surface area contributed by atoms with E-state index in [0.717, 1.165) is 19.3 Å². The first kappa shape index (κ1) is 23.0. The molecule has 0 bridgehead atoms. The van der Waals surface area contributed by atoms with Gasteiger partial charge in [-0.25, -0.2) is 0 Å². The van der Waals surface area contributed by atoms with Crippen molar-refractivity contribution >= 4 is 16.7 Å². The van der Waals surface area contributed by atoms with E-state index < -0.39 is 5.97 Å². The monoisotopic (exact) mass is 435 g/mol. The SMILES string of the molecule is O=C(O)CC/C=C/CCC1C(OCc2ccc3ccccc3c2)CCC1N1CCCCC1. The van der Waals surface area contributed by atoms with Crippen molar-refractivity contribution in [1.29, 1.82) is 0 Å². The maximum Gasteiger partial charge on any atom is 0.303 e. The Morgan fingerprint density at radius 3 is 2.59 bits per heavy atom. The van der Waals surface area contributed by atoms with E-state index in [0.29, 0.717) is 31.1 Å². The summed E-state index contributed by atoms with van der Waals surface area (Å²) in [6.45, 7) is 3.13. The molecule has 0 spiro atoms. The van der Waals surface area contributed by atoms with Crippen LogP contribution in [-0.4, -0.2) is 41.2 Å². The van der Waals surface area contributed by atoms with Gasteiger partial charge in [-0.05, 0) is 80.4 Å². The van der Waals surface area contributed by atoms with E-state index in [-0.39, 0.29) is 6.42 Å². The summed E-state index contributed by atoms with van der Waals surface area (Å²) >= 11 is 0. The van der Waals surface area contributed by atoms with Crippen molar-refractivity contribution in [3.63, 3.8) is 0 Å². The first-order valence-electron chi connectivity index (χ1n) is 12.4. The van der Waals surface area contributed by atoms with Crippen LogP contribution in [0.3, 0.4) is 0 Å². The second-order valence-corrected chi connectivity index (χ2v) is 9.42. The molecule has 0 aromatic heterocycles.